The van der Waals surface area contributed by atoms with Crippen LogP contribution in [0.1, 0.15) is 5.56 Å². The van der Waals surface area contributed by atoms with Gasteiger partial charge in [-0.05, 0) is 6.07 Å². The standard InChI is InChI=1S/C11H15Cl2N2O2P/c12-5-7-15(8-6-13)18(16)14-11-4-2-1-3-10(11)9-17-18/h1-4H,5-9H2,(H,14,16)/t18-/m1/s1. The van der Waals surface area contributed by atoms with Gasteiger partial charge >= 0.3 is 7.67 Å². The summed E-state index contributed by atoms with van der Waals surface area (Å²) < 4.78 is 19.9. The van der Waals surface area contributed by atoms with E-state index in [0.29, 0.717) is 31.5 Å². The van der Waals surface area contributed by atoms with Gasteiger partial charge in [-0.3, -0.25) is 4.52 Å². The first-order chi connectivity index (χ1) is 8.69. The third-order valence-electron chi connectivity index (χ3n) is 2.73. The van der Waals surface area contributed by atoms with E-state index >= 15 is 0 Å². The van der Waals surface area contributed by atoms with Crippen LogP contribution in [0.15, 0.2) is 24.3 Å². The minimum atomic E-state index is -3.07. The molecule has 0 bridgehead atoms. The molecule has 0 saturated heterocycles. The summed E-state index contributed by atoms with van der Waals surface area (Å²) in [5, 5.41) is 2.99. The van der Waals surface area contributed by atoms with Gasteiger partial charge in [-0.1, -0.05) is 18.2 Å². The molecule has 1 heterocycles. The van der Waals surface area contributed by atoms with Crippen molar-refractivity contribution < 1.29 is 9.09 Å². The molecule has 1 atom stereocenters. The van der Waals surface area contributed by atoms with Gasteiger partial charge < -0.3 is 5.09 Å². The topological polar surface area (TPSA) is 41.6 Å². The highest BCUT2D eigenvalue weighted by molar-refractivity contribution is 7.58. The lowest BCUT2D eigenvalue weighted by molar-refractivity contribution is 0.256. The number of nitrogens with one attached hydrogen (secondary N) is 1. The predicted molar refractivity (Wildman–Crippen MR) is 75.5 cm³/mol. The van der Waals surface area contributed by atoms with Gasteiger partial charge in [0.2, 0.25) is 0 Å². The van der Waals surface area contributed by atoms with Gasteiger partial charge in [0.25, 0.3) is 0 Å². The minimum Gasteiger partial charge on any atom is -0.303 e. The molecule has 0 spiro atoms. The Balaban J connectivity index is 2.20. The number of fused-ring (bicyclic) bond motifs is 1. The molecule has 0 saturated carbocycles. The van der Waals surface area contributed by atoms with Crippen molar-refractivity contribution in [2.75, 3.05) is 29.9 Å². The SMILES string of the molecule is O=[P@]1(N(CCCl)CCCl)Nc2ccccc2CO1. The molecular formula is C11H15Cl2N2O2P. The number of anilines is 1. The lowest BCUT2D eigenvalue weighted by Gasteiger charge is -2.34. The molecule has 1 aliphatic rings. The molecule has 7 heteroatoms. The summed E-state index contributed by atoms with van der Waals surface area (Å²) in [6, 6.07) is 7.66. The number of nitrogens with zero attached hydrogens (tertiary/aromatic N) is 1. The highest BCUT2D eigenvalue weighted by Crippen LogP contribution is 2.54. The van der Waals surface area contributed by atoms with Gasteiger partial charge in [-0.25, -0.2) is 9.24 Å². The third kappa shape index (κ3) is 3.01. The van der Waals surface area contributed by atoms with E-state index in [-0.39, 0.29) is 0 Å². The summed E-state index contributed by atoms with van der Waals surface area (Å²) in [7, 11) is -3.07. The van der Waals surface area contributed by atoms with Gasteiger partial charge in [-0.15, -0.1) is 23.2 Å². The van der Waals surface area contributed by atoms with Crippen molar-refractivity contribution in [3.05, 3.63) is 29.8 Å². The first-order valence-corrected chi connectivity index (χ1v) is 8.32. The fraction of sp³-hybridized carbons (Fsp3) is 0.455. The van der Waals surface area contributed by atoms with Crippen molar-refractivity contribution >= 4 is 36.6 Å². The van der Waals surface area contributed by atoms with Gasteiger partial charge in [-0.2, -0.15) is 0 Å². The minimum absolute atomic E-state index is 0.335. The Labute approximate surface area is 117 Å². The van der Waals surface area contributed by atoms with Crippen molar-refractivity contribution in [1.82, 2.24) is 4.67 Å². The van der Waals surface area contributed by atoms with Crippen LogP contribution in [0.4, 0.5) is 5.69 Å². The van der Waals surface area contributed by atoms with E-state index in [9.17, 15) is 4.57 Å². The average molecular weight is 309 g/mol. The largest absolute Gasteiger partial charge is 0.369 e. The molecule has 0 aliphatic carbocycles. The lowest BCUT2D eigenvalue weighted by atomic mass is 10.2. The maximum absolute atomic E-state index is 12.8. The highest BCUT2D eigenvalue weighted by Gasteiger charge is 2.35. The zero-order valence-corrected chi connectivity index (χ0v) is 12.2. The van der Waals surface area contributed by atoms with Gasteiger partial charge in [0.15, 0.2) is 0 Å². The smallest absolute Gasteiger partial charge is 0.303 e. The Kier molecular flexibility index (Phi) is 4.93. The second-order valence-electron chi connectivity index (χ2n) is 3.89. The monoisotopic (exact) mass is 308 g/mol. The summed E-state index contributed by atoms with van der Waals surface area (Å²) in [4.78, 5) is 0. The van der Waals surface area contributed by atoms with Crippen LogP contribution in [0.2, 0.25) is 0 Å². The quantitative estimate of drug-likeness (QED) is 0.667. The van der Waals surface area contributed by atoms with Crippen LogP contribution in [-0.2, 0) is 15.7 Å². The fourth-order valence-electron chi connectivity index (χ4n) is 1.82. The Hall–Kier alpha value is -0.250. The normalized spacial score (nSPS) is 22.6. The molecule has 18 heavy (non-hydrogen) atoms. The van der Waals surface area contributed by atoms with Crippen LogP contribution >= 0.6 is 30.9 Å². The van der Waals surface area contributed by atoms with Crippen LogP contribution in [0.5, 0.6) is 0 Å². The third-order valence-corrected chi connectivity index (χ3v) is 5.22. The average Bonchev–Trinajstić information content (AvgIpc) is 2.38. The van der Waals surface area contributed by atoms with E-state index in [2.05, 4.69) is 5.09 Å². The van der Waals surface area contributed by atoms with E-state index in [1.54, 1.807) is 4.67 Å². The maximum Gasteiger partial charge on any atom is 0.369 e. The zero-order valence-electron chi connectivity index (χ0n) is 9.81. The van der Waals surface area contributed by atoms with E-state index < -0.39 is 7.67 Å². The molecule has 1 aromatic carbocycles. The summed E-state index contributed by atoms with van der Waals surface area (Å²) in [5.41, 5.74) is 1.85. The van der Waals surface area contributed by atoms with Gasteiger partial charge in [0.05, 0.1) is 6.61 Å². The Bertz CT molecular complexity index is 452. The number of alkyl halides is 2. The molecule has 1 N–H and O–H groups in total. The lowest BCUT2D eigenvalue weighted by Crippen LogP contribution is -2.30. The van der Waals surface area contributed by atoms with Crippen LogP contribution in [0, 0.1) is 0 Å². The number of hydrogen-bond donors (Lipinski definition) is 1. The number of hydrogen-bond acceptors (Lipinski definition) is 2. The second kappa shape index (κ2) is 6.27. The van der Waals surface area contributed by atoms with Gasteiger partial charge in [0, 0.05) is 36.1 Å². The highest BCUT2D eigenvalue weighted by atomic mass is 35.5. The number of para-hydroxylation sites is 1. The Morgan fingerprint density at radius 2 is 1.94 bits per heavy atom. The van der Waals surface area contributed by atoms with Crippen LogP contribution in [0.25, 0.3) is 0 Å². The Morgan fingerprint density at radius 1 is 1.28 bits per heavy atom. The molecule has 0 unspecified atom stereocenters. The van der Waals surface area contributed by atoms with E-state index in [4.69, 9.17) is 27.7 Å². The molecule has 1 aliphatic heterocycles. The summed E-state index contributed by atoms with van der Waals surface area (Å²) in [6.07, 6.45) is 0. The van der Waals surface area contributed by atoms with Crippen molar-refractivity contribution in [2.45, 2.75) is 6.61 Å². The van der Waals surface area contributed by atoms with E-state index in [1.165, 1.54) is 0 Å². The first-order valence-electron chi connectivity index (χ1n) is 5.68. The van der Waals surface area contributed by atoms with E-state index in [0.717, 1.165) is 11.3 Å². The van der Waals surface area contributed by atoms with Crippen molar-refractivity contribution in [1.29, 1.82) is 0 Å². The molecule has 0 fully saturated rings. The maximum atomic E-state index is 12.8. The Morgan fingerprint density at radius 3 is 2.61 bits per heavy atom. The molecule has 2 rings (SSSR count). The van der Waals surface area contributed by atoms with Crippen molar-refractivity contribution in [3.8, 4) is 0 Å². The molecule has 0 radical (unpaired) electrons. The summed E-state index contributed by atoms with van der Waals surface area (Å²) in [5.74, 6) is 0.765. The summed E-state index contributed by atoms with van der Waals surface area (Å²) in [6.45, 7) is 1.28. The van der Waals surface area contributed by atoms with Crippen molar-refractivity contribution in [3.63, 3.8) is 0 Å². The second-order valence-corrected chi connectivity index (χ2v) is 6.74. The number of halogens is 2. The first kappa shape index (κ1) is 14.2. The molecule has 1 aromatic rings. The zero-order chi connectivity index (χ0) is 13.0. The van der Waals surface area contributed by atoms with Crippen molar-refractivity contribution in [2.24, 2.45) is 0 Å². The van der Waals surface area contributed by atoms with Gasteiger partial charge in [0.1, 0.15) is 0 Å². The van der Waals surface area contributed by atoms with Crippen LogP contribution in [-0.4, -0.2) is 29.5 Å². The number of benzene rings is 1. The molecule has 0 aromatic heterocycles. The molecular weight excluding hydrogens is 294 g/mol. The molecule has 0 amide bonds. The summed E-state index contributed by atoms with van der Waals surface area (Å²) >= 11 is 11.4. The fourth-order valence-corrected chi connectivity index (χ4v) is 4.40. The van der Waals surface area contributed by atoms with Crippen LogP contribution < -0.4 is 5.09 Å². The predicted octanol–water partition coefficient (Wildman–Crippen LogP) is 3.52. The van der Waals surface area contributed by atoms with Crippen LogP contribution in [0.3, 0.4) is 0 Å². The molecule has 4 nitrogen and oxygen atoms in total. The molecule has 100 valence electrons. The van der Waals surface area contributed by atoms with E-state index in [1.807, 2.05) is 24.3 Å². The number of rotatable bonds is 5.